The average Bonchev–Trinajstić information content (AvgIpc) is 3.02. The van der Waals surface area contributed by atoms with Crippen LogP contribution < -0.4 is 10.6 Å². The lowest BCUT2D eigenvalue weighted by molar-refractivity contribution is -0.140. The van der Waals surface area contributed by atoms with Crippen LogP contribution in [0.25, 0.3) is 0 Å². The minimum atomic E-state index is -4.39. The molecule has 0 radical (unpaired) electrons. The van der Waals surface area contributed by atoms with Crippen molar-refractivity contribution in [3.63, 3.8) is 0 Å². The number of aromatic nitrogens is 1. The van der Waals surface area contributed by atoms with Crippen molar-refractivity contribution in [2.45, 2.75) is 19.0 Å². The molecule has 1 heterocycles. The van der Waals surface area contributed by atoms with E-state index in [2.05, 4.69) is 20.6 Å². The highest BCUT2D eigenvalue weighted by Gasteiger charge is 2.33. The SMILES string of the molecule is CN=C(NCCc1cccc(Cl)c1)NCCc1nc(C(F)(F)F)cs1.I. The van der Waals surface area contributed by atoms with Crippen molar-refractivity contribution >= 4 is 52.9 Å². The second kappa shape index (κ2) is 10.9. The monoisotopic (exact) mass is 518 g/mol. The molecule has 0 aliphatic heterocycles. The van der Waals surface area contributed by atoms with Gasteiger partial charge < -0.3 is 10.6 Å². The Morgan fingerprint density at radius 3 is 2.50 bits per heavy atom. The van der Waals surface area contributed by atoms with E-state index >= 15 is 0 Å². The summed E-state index contributed by atoms with van der Waals surface area (Å²) in [5.74, 6) is 0.592. The average molecular weight is 519 g/mol. The number of alkyl halides is 3. The van der Waals surface area contributed by atoms with Gasteiger partial charge in [-0.25, -0.2) is 4.98 Å². The maximum Gasteiger partial charge on any atom is 0.434 e. The summed E-state index contributed by atoms with van der Waals surface area (Å²) >= 11 is 6.95. The molecule has 1 aromatic carbocycles. The van der Waals surface area contributed by atoms with Crippen LogP contribution in [0, 0.1) is 0 Å². The van der Waals surface area contributed by atoms with Crippen LogP contribution in [0.3, 0.4) is 0 Å². The summed E-state index contributed by atoms with van der Waals surface area (Å²) in [7, 11) is 1.64. The third-order valence-electron chi connectivity index (χ3n) is 3.29. The van der Waals surface area contributed by atoms with Gasteiger partial charge >= 0.3 is 6.18 Å². The highest BCUT2D eigenvalue weighted by atomic mass is 127. The van der Waals surface area contributed by atoms with Gasteiger partial charge in [-0.1, -0.05) is 23.7 Å². The Hall–Kier alpha value is -1.07. The van der Waals surface area contributed by atoms with Crippen LogP contribution in [0.5, 0.6) is 0 Å². The lowest BCUT2D eigenvalue weighted by atomic mass is 10.1. The Balaban J connectivity index is 0.00000338. The molecule has 0 saturated heterocycles. The molecule has 2 aromatic rings. The molecular formula is C16H19ClF3IN4S. The maximum absolute atomic E-state index is 12.5. The van der Waals surface area contributed by atoms with Crippen LogP contribution in [0.2, 0.25) is 5.02 Å². The van der Waals surface area contributed by atoms with Gasteiger partial charge in [-0.15, -0.1) is 35.3 Å². The molecular weight excluding hydrogens is 500 g/mol. The molecule has 0 fully saturated rings. The van der Waals surface area contributed by atoms with E-state index in [0.717, 1.165) is 28.7 Å². The van der Waals surface area contributed by atoms with E-state index in [1.807, 2.05) is 24.3 Å². The quantitative estimate of drug-likeness (QED) is 0.339. The molecule has 4 nitrogen and oxygen atoms in total. The number of hydrogen-bond acceptors (Lipinski definition) is 3. The topological polar surface area (TPSA) is 49.3 Å². The van der Waals surface area contributed by atoms with Crippen molar-refractivity contribution in [1.82, 2.24) is 15.6 Å². The lowest BCUT2D eigenvalue weighted by Crippen LogP contribution is -2.39. The summed E-state index contributed by atoms with van der Waals surface area (Å²) in [6.45, 7) is 1.11. The first-order valence-electron chi connectivity index (χ1n) is 7.59. The molecule has 0 bridgehead atoms. The van der Waals surface area contributed by atoms with E-state index < -0.39 is 11.9 Å². The van der Waals surface area contributed by atoms with E-state index in [1.165, 1.54) is 0 Å². The largest absolute Gasteiger partial charge is 0.434 e. The number of guanidine groups is 1. The van der Waals surface area contributed by atoms with E-state index in [0.29, 0.717) is 35.5 Å². The predicted octanol–water partition coefficient (Wildman–Crippen LogP) is 4.38. The second-order valence-electron chi connectivity index (χ2n) is 5.18. The van der Waals surface area contributed by atoms with Gasteiger partial charge in [-0.05, 0) is 24.1 Å². The van der Waals surface area contributed by atoms with Gasteiger partial charge in [0.1, 0.15) is 0 Å². The summed E-state index contributed by atoms with van der Waals surface area (Å²) in [5, 5.41) is 8.38. The molecule has 2 rings (SSSR count). The number of benzene rings is 1. The molecule has 0 aliphatic rings. The zero-order valence-electron chi connectivity index (χ0n) is 13.9. The van der Waals surface area contributed by atoms with Crippen molar-refractivity contribution in [1.29, 1.82) is 0 Å². The highest BCUT2D eigenvalue weighted by molar-refractivity contribution is 14.0. The van der Waals surface area contributed by atoms with Crippen molar-refractivity contribution in [2.24, 2.45) is 4.99 Å². The summed E-state index contributed by atoms with van der Waals surface area (Å²) in [6, 6.07) is 7.61. The van der Waals surface area contributed by atoms with Crippen molar-refractivity contribution in [2.75, 3.05) is 20.1 Å². The molecule has 10 heteroatoms. The van der Waals surface area contributed by atoms with Crippen LogP contribution in [-0.4, -0.2) is 31.1 Å². The van der Waals surface area contributed by atoms with E-state index in [-0.39, 0.29) is 24.0 Å². The fourth-order valence-electron chi connectivity index (χ4n) is 2.08. The Morgan fingerprint density at radius 1 is 1.23 bits per heavy atom. The molecule has 0 saturated carbocycles. The van der Waals surface area contributed by atoms with E-state index in [1.54, 1.807) is 7.05 Å². The first-order valence-corrected chi connectivity index (χ1v) is 8.85. The Bertz CT molecular complexity index is 722. The number of halogens is 5. The van der Waals surface area contributed by atoms with Crippen LogP contribution in [0.1, 0.15) is 16.3 Å². The highest BCUT2D eigenvalue weighted by Crippen LogP contribution is 2.29. The van der Waals surface area contributed by atoms with Crippen LogP contribution >= 0.6 is 46.9 Å². The number of thiazole rings is 1. The van der Waals surface area contributed by atoms with Crippen molar-refractivity contribution in [3.05, 3.63) is 50.9 Å². The van der Waals surface area contributed by atoms with Gasteiger partial charge in [0.25, 0.3) is 0 Å². The van der Waals surface area contributed by atoms with Gasteiger partial charge in [-0.3, -0.25) is 4.99 Å². The number of hydrogen-bond donors (Lipinski definition) is 2. The Morgan fingerprint density at radius 2 is 1.92 bits per heavy atom. The molecule has 0 aliphatic carbocycles. The van der Waals surface area contributed by atoms with Gasteiger partial charge in [0.2, 0.25) is 0 Å². The smallest absolute Gasteiger partial charge is 0.356 e. The Kier molecular flexibility index (Phi) is 9.66. The minimum absolute atomic E-state index is 0. The number of nitrogens with one attached hydrogen (secondary N) is 2. The fraction of sp³-hybridized carbons (Fsp3) is 0.375. The van der Waals surface area contributed by atoms with Crippen molar-refractivity contribution < 1.29 is 13.2 Å². The summed E-state index contributed by atoms with van der Waals surface area (Å²) in [6.07, 6.45) is -3.21. The third kappa shape index (κ3) is 7.67. The van der Waals surface area contributed by atoms with E-state index in [9.17, 15) is 13.2 Å². The van der Waals surface area contributed by atoms with Crippen molar-refractivity contribution in [3.8, 4) is 0 Å². The normalized spacial score (nSPS) is 11.8. The van der Waals surface area contributed by atoms with Crippen LogP contribution in [-0.2, 0) is 19.0 Å². The minimum Gasteiger partial charge on any atom is -0.356 e. The molecule has 0 spiro atoms. The summed E-state index contributed by atoms with van der Waals surface area (Å²) in [4.78, 5) is 7.68. The third-order valence-corrected chi connectivity index (χ3v) is 4.44. The van der Waals surface area contributed by atoms with Gasteiger partial charge in [0.15, 0.2) is 11.7 Å². The van der Waals surface area contributed by atoms with Gasteiger partial charge in [0.05, 0.1) is 5.01 Å². The molecule has 0 unspecified atom stereocenters. The predicted molar refractivity (Wildman–Crippen MR) is 111 cm³/mol. The first kappa shape index (κ1) is 23.0. The van der Waals surface area contributed by atoms with Crippen LogP contribution in [0.15, 0.2) is 34.6 Å². The lowest BCUT2D eigenvalue weighted by Gasteiger charge is -2.11. The second-order valence-corrected chi connectivity index (χ2v) is 6.56. The zero-order valence-corrected chi connectivity index (χ0v) is 17.8. The standard InChI is InChI=1S/C16H18ClF3N4S.HI/c1-21-15(22-7-5-11-3-2-4-12(17)9-11)23-8-6-14-24-13(10-25-14)16(18,19)20;/h2-4,9-10H,5-8H2,1H3,(H2,21,22,23);1H. The first-order chi connectivity index (χ1) is 11.9. The maximum atomic E-state index is 12.5. The van der Waals surface area contributed by atoms with Gasteiger partial charge in [-0.2, -0.15) is 13.2 Å². The molecule has 26 heavy (non-hydrogen) atoms. The number of aliphatic imine (C=N–C) groups is 1. The molecule has 0 atom stereocenters. The molecule has 1 aromatic heterocycles. The molecule has 0 amide bonds. The van der Waals surface area contributed by atoms with Crippen LogP contribution in [0.4, 0.5) is 13.2 Å². The summed E-state index contributed by atoms with van der Waals surface area (Å²) < 4.78 is 37.5. The van der Waals surface area contributed by atoms with Gasteiger partial charge in [0, 0.05) is 37.0 Å². The molecule has 144 valence electrons. The number of nitrogens with zero attached hydrogens (tertiary/aromatic N) is 2. The Labute approximate surface area is 176 Å². The summed E-state index contributed by atoms with van der Waals surface area (Å²) in [5.41, 5.74) is 0.273. The number of rotatable bonds is 6. The van der Waals surface area contributed by atoms with E-state index in [4.69, 9.17) is 11.6 Å². The molecule has 2 N–H and O–H groups in total. The zero-order chi connectivity index (χ0) is 18.3. The fourth-order valence-corrected chi connectivity index (χ4v) is 3.10.